The maximum Gasteiger partial charge on any atom is 0.165 e. The standard InChI is InChI=1S/C13H9F2O/c14-12-8-4-5-10(13(12)15)9-16-11-6-2-1-3-7-11/h1-2,4-8H,9H2. The van der Waals surface area contributed by atoms with Crippen molar-refractivity contribution in [2.24, 2.45) is 0 Å². The quantitative estimate of drug-likeness (QED) is 0.769. The number of rotatable bonds is 3. The van der Waals surface area contributed by atoms with Crippen molar-refractivity contribution in [3.05, 3.63) is 65.7 Å². The second kappa shape index (κ2) is 4.75. The summed E-state index contributed by atoms with van der Waals surface area (Å²) >= 11 is 0. The second-order valence-electron chi connectivity index (χ2n) is 3.24. The van der Waals surface area contributed by atoms with E-state index in [0.29, 0.717) is 5.75 Å². The van der Waals surface area contributed by atoms with Crippen molar-refractivity contribution in [1.29, 1.82) is 0 Å². The summed E-state index contributed by atoms with van der Waals surface area (Å²) in [6, 6.07) is 13.7. The van der Waals surface area contributed by atoms with E-state index in [1.807, 2.05) is 0 Å². The van der Waals surface area contributed by atoms with Crippen LogP contribution in [0.15, 0.2) is 42.5 Å². The molecule has 81 valence electrons. The molecule has 0 aliphatic rings. The lowest BCUT2D eigenvalue weighted by Crippen LogP contribution is -2.00. The van der Waals surface area contributed by atoms with E-state index in [4.69, 9.17) is 4.74 Å². The molecule has 2 rings (SSSR count). The van der Waals surface area contributed by atoms with Gasteiger partial charge < -0.3 is 4.74 Å². The molecule has 1 nitrogen and oxygen atoms in total. The predicted octanol–water partition coefficient (Wildman–Crippen LogP) is 3.34. The van der Waals surface area contributed by atoms with Gasteiger partial charge >= 0.3 is 0 Å². The molecular weight excluding hydrogens is 210 g/mol. The number of benzene rings is 2. The van der Waals surface area contributed by atoms with Crippen LogP contribution in [0, 0.1) is 17.7 Å². The zero-order valence-corrected chi connectivity index (χ0v) is 8.41. The minimum atomic E-state index is -0.860. The maximum absolute atomic E-state index is 13.2. The third kappa shape index (κ3) is 2.37. The molecule has 0 amide bonds. The van der Waals surface area contributed by atoms with Gasteiger partial charge in [-0.15, -0.1) is 0 Å². The summed E-state index contributed by atoms with van der Waals surface area (Å²) < 4.78 is 31.4. The SMILES string of the molecule is Fc1cccc(COc2c[c]ccc2)c1F. The monoisotopic (exact) mass is 219 g/mol. The summed E-state index contributed by atoms with van der Waals surface area (Å²) in [6.45, 7) is 0.00144. The van der Waals surface area contributed by atoms with Crippen LogP contribution in [0.5, 0.6) is 5.75 Å². The van der Waals surface area contributed by atoms with Crippen LogP contribution in [0.3, 0.4) is 0 Å². The van der Waals surface area contributed by atoms with Gasteiger partial charge in [0.2, 0.25) is 0 Å². The molecule has 0 N–H and O–H groups in total. The van der Waals surface area contributed by atoms with Gasteiger partial charge in [-0.1, -0.05) is 24.3 Å². The molecule has 0 bridgehead atoms. The largest absolute Gasteiger partial charge is 0.489 e. The number of ether oxygens (including phenoxy) is 1. The predicted molar refractivity (Wildman–Crippen MR) is 56.0 cm³/mol. The van der Waals surface area contributed by atoms with Crippen molar-refractivity contribution in [1.82, 2.24) is 0 Å². The van der Waals surface area contributed by atoms with Crippen LogP contribution in [0.1, 0.15) is 5.56 Å². The van der Waals surface area contributed by atoms with Crippen molar-refractivity contribution in [2.75, 3.05) is 0 Å². The van der Waals surface area contributed by atoms with Gasteiger partial charge in [0, 0.05) is 5.56 Å². The van der Waals surface area contributed by atoms with E-state index in [0.717, 1.165) is 6.07 Å². The van der Waals surface area contributed by atoms with Crippen molar-refractivity contribution >= 4 is 0 Å². The highest BCUT2D eigenvalue weighted by Crippen LogP contribution is 2.15. The lowest BCUT2D eigenvalue weighted by atomic mass is 10.2. The molecule has 2 aromatic rings. The van der Waals surface area contributed by atoms with Crippen molar-refractivity contribution < 1.29 is 13.5 Å². The van der Waals surface area contributed by atoms with E-state index in [1.165, 1.54) is 12.1 Å². The van der Waals surface area contributed by atoms with Crippen LogP contribution in [-0.2, 0) is 6.61 Å². The Morgan fingerprint density at radius 2 is 2.00 bits per heavy atom. The molecule has 0 aromatic heterocycles. The molecule has 0 heterocycles. The van der Waals surface area contributed by atoms with Gasteiger partial charge in [-0.2, -0.15) is 0 Å². The van der Waals surface area contributed by atoms with Crippen LogP contribution in [0.4, 0.5) is 8.78 Å². The summed E-state index contributed by atoms with van der Waals surface area (Å²) in [6.07, 6.45) is 0. The first-order valence-corrected chi connectivity index (χ1v) is 4.79. The normalized spacial score (nSPS) is 10.1. The Balaban J connectivity index is 2.08. The van der Waals surface area contributed by atoms with Crippen molar-refractivity contribution in [3.8, 4) is 5.75 Å². The Morgan fingerprint density at radius 1 is 1.12 bits per heavy atom. The molecule has 0 unspecified atom stereocenters. The third-order valence-corrected chi connectivity index (χ3v) is 2.10. The van der Waals surface area contributed by atoms with Crippen LogP contribution >= 0.6 is 0 Å². The highest BCUT2D eigenvalue weighted by atomic mass is 19.2. The maximum atomic E-state index is 13.2. The fourth-order valence-corrected chi connectivity index (χ4v) is 1.29. The molecule has 3 heteroatoms. The molecule has 2 aromatic carbocycles. The zero-order valence-electron chi connectivity index (χ0n) is 8.41. The summed E-state index contributed by atoms with van der Waals surface area (Å²) in [4.78, 5) is 0. The van der Waals surface area contributed by atoms with E-state index >= 15 is 0 Å². The van der Waals surface area contributed by atoms with Crippen LogP contribution in [0.2, 0.25) is 0 Å². The van der Waals surface area contributed by atoms with Gasteiger partial charge in [0.25, 0.3) is 0 Å². The molecule has 0 saturated heterocycles. The van der Waals surface area contributed by atoms with Gasteiger partial charge in [-0.25, -0.2) is 8.78 Å². The lowest BCUT2D eigenvalue weighted by molar-refractivity contribution is 0.297. The van der Waals surface area contributed by atoms with Crippen molar-refractivity contribution in [2.45, 2.75) is 6.61 Å². The number of hydrogen-bond acceptors (Lipinski definition) is 1. The smallest absolute Gasteiger partial charge is 0.165 e. The first-order chi connectivity index (χ1) is 7.77. The van der Waals surface area contributed by atoms with E-state index in [2.05, 4.69) is 6.07 Å². The van der Waals surface area contributed by atoms with Gasteiger partial charge in [0.05, 0.1) is 0 Å². The summed E-state index contributed by atoms with van der Waals surface area (Å²) in [5.41, 5.74) is 0.198. The molecule has 0 atom stereocenters. The molecule has 0 fully saturated rings. The van der Waals surface area contributed by atoms with E-state index in [1.54, 1.807) is 24.3 Å². The molecule has 0 saturated carbocycles. The topological polar surface area (TPSA) is 9.23 Å². The van der Waals surface area contributed by atoms with E-state index < -0.39 is 11.6 Å². The summed E-state index contributed by atoms with van der Waals surface area (Å²) in [5, 5.41) is 0. The van der Waals surface area contributed by atoms with Crippen LogP contribution in [0.25, 0.3) is 0 Å². The van der Waals surface area contributed by atoms with Gasteiger partial charge in [0.1, 0.15) is 12.4 Å². The van der Waals surface area contributed by atoms with E-state index in [-0.39, 0.29) is 12.2 Å². The summed E-state index contributed by atoms with van der Waals surface area (Å²) in [7, 11) is 0. The Hall–Kier alpha value is -1.90. The zero-order chi connectivity index (χ0) is 11.4. The number of hydrogen-bond donors (Lipinski definition) is 0. The second-order valence-corrected chi connectivity index (χ2v) is 3.24. The third-order valence-electron chi connectivity index (χ3n) is 2.10. The fraction of sp³-hybridized carbons (Fsp3) is 0.0769. The molecule has 1 radical (unpaired) electrons. The van der Waals surface area contributed by atoms with Crippen LogP contribution < -0.4 is 4.74 Å². The lowest BCUT2D eigenvalue weighted by Gasteiger charge is -2.06. The average Bonchev–Trinajstić information content (AvgIpc) is 2.32. The van der Waals surface area contributed by atoms with Crippen molar-refractivity contribution in [3.63, 3.8) is 0 Å². The van der Waals surface area contributed by atoms with Crippen LogP contribution in [-0.4, -0.2) is 0 Å². The number of halogens is 2. The molecule has 16 heavy (non-hydrogen) atoms. The highest BCUT2D eigenvalue weighted by Gasteiger charge is 2.07. The van der Waals surface area contributed by atoms with Gasteiger partial charge in [0.15, 0.2) is 11.6 Å². The summed E-state index contributed by atoms with van der Waals surface area (Å²) in [5.74, 6) is -1.14. The Morgan fingerprint density at radius 3 is 2.75 bits per heavy atom. The minimum Gasteiger partial charge on any atom is -0.489 e. The average molecular weight is 219 g/mol. The Labute approximate surface area is 92.3 Å². The first-order valence-electron chi connectivity index (χ1n) is 4.79. The first kappa shape index (κ1) is 10.6. The fourth-order valence-electron chi connectivity index (χ4n) is 1.29. The van der Waals surface area contributed by atoms with Gasteiger partial charge in [-0.3, -0.25) is 0 Å². The van der Waals surface area contributed by atoms with Gasteiger partial charge in [-0.05, 0) is 24.3 Å². The molecule has 0 spiro atoms. The molecular formula is C13H9F2O. The Kier molecular flexibility index (Phi) is 3.15. The minimum absolute atomic E-state index is 0.00144. The molecule has 0 aliphatic heterocycles. The molecule has 0 aliphatic carbocycles. The Bertz CT molecular complexity index is 469. The highest BCUT2D eigenvalue weighted by molar-refractivity contribution is 5.22. The van der Waals surface area contributed by atoms with E-state index in [9.17, 15) is 8.78 Å².